The van der Waals surface area contributed by atoms with E-state index < -0.39 is 4.92 Å². The van der Waals surface area contributed by atoms with Gasteiger partial charge in [0, 0.05) is 6.42 Å². The molecule has 1 aliphatic heterocycles. The van der Waals surface area contributed by atoms with Gasteiger partial charge in [-0.15, -0.1) is 0 Å². The molecule has 2 rings (SSSR count). The maximum atomic E-state index is 10.3. The van der Waals surface area contributed by atoms with E-state index in [2.05, 4.69) is 9.97 Å². The van der Waals surface area contributed by atoms with Crippen LogP contribution < -0.4 is 4.74 Å². The van der Waals surface area contributed by atoms with Crippen molar-refractivity contribution in [3.8, 4) is 6.01 Å². The highest BCUT2D eigenvalue weighted by Gasteiger charge is 2.18. The number of rotatable bonds is 3. The standard InChI is InChI=1S/C8H9N3O4/c12-11(13)6-3-9-8(10-4-6)15-7-1-2-14-5-7/h3-4,7H,1-2,5H2. The van der Waals surface area contributed by atoms with Crippen LogP contribution in [-0.4, -0.2) is 34.2 Å². The quantitative estimate of drug-likeness (QED) is 0.536. The van der Waals surface area contributed by atoms with Gasteiger partial charge in [-0.25, -0.2) is 0 Å². The van der Waals surface area contributed by atoms with Gasteiger partial charge in [0.1, 0.15) is 18.5 Å². The summed E-state index contributed by atoms with van der Waals surface area (Å²) >= 11 is 0. The monoisotopic (exact) mass is 211 g/mol. The van der Waals surface area contributed by atoms with Crippen LogP contribution in [0.4, 0.5) is 5.69 Å². The Morgan fingerprint density at radius 2 is 2.27 bits per heavy atom. The number of aromatic nitrogens is 2. The Balaban J connectivity index is 2.00. The van der Waals surface area contributed by atoms with Crippen molar-refractivity contribution in [3.05, 3.63) is 22.5 Å². The smallest absolute Gasteiger partial charge is 0.317 e. The van der Waals surface area contributed by atoms with E-state index in [1.165, 1.54) is 0 Å². The number of nitrogens with zero attached hydrogens (tertiary/aromatic N) is 3. The molecule has 0 aromatic carbocycles. The fourth-order valence-electron chi connectivity index (χ4n) is 1.22. The number of nitro groups is 1. The predicted octanol–water partition coefficient (Wildman–Crippen LogP) is 0.552. The van der Waals surface area contributed by atoms with Crippen LogP contribution in [0, 0.1) is 10.1 Å². The Labute approximate surface area is 85.2 Å². The van der Waals surface area contributed by atoms with Crippen molar-refractivity contribution in [1.82, 2.24) is 9.97 Å². The molecule has 1 fully saturated rings. The maximum Gasteiger partial charge on any atom is 0.317 e. The fourth-order valence-corrected chi connectivity index (χ4v) is 1.22. The normalized spacial score (nSPS) is 20.1. The first kappa shape index (κ1) is 9.78. The Hall–Kier alpha value is -1.76. The summed E-state index contributed by atoms with van der Waals surface area (Å²) in [6, 6.07) is 0.149. The zero-order valence-corrected chi connectivity index (χ0v) is 7.83. The molecular formula is C8H9N3O4. The highest BCUT2D eigenvalue weighted by Crippen LogP contribution is 2.14. The second-order valence-electron chi connectivity index (χ2n) is 3.08. The Morgan fingerprint density at radius 1 is 1.53 bits per heavy atom. The average molecular weight is 211 g/mol. The first-order chi connectivity index (χ1) is 7.25. The van der Waals surface area contributed by atoms with Crippen molar-refractivity contribution in [2.75, 3.05) is 13.2 Å². The van der Waals surface area contributed by atoms with Crippen LogP contribution in [0.1, 0.15) is 6.42 Å². The average Bonchev–Trinajstić information content (AvgIpc) is 2.71. The minimum atomic E-state index is -0.553. The van der Waals surface area contributed by atoms with Gasteiger partial charge < -0.3 is 9.47 Å². The summed E-state index contributed by atoms with van der Waals surface area (Å²) in [7, 11) is 0. The lowest BCUT2D eigenvalue weighted by Gasteiger charge is -2.08. The molecule has 1 aromatic rings. The van der Waals surface area contributed by atoms with Crippen LogP contribution >= 0.6 is 0 Å². The molecule has 0 saturated carbocycles. The van der Waals surface area contributed by atoms with Crippen LogP contribution in [0.2, 0.25) is 0 Å². The highest BCUT2D eigenvalue weighted by molar-refractivity contribution is 5.21. The summed E-state index contributed by atoms with van der Waals surface area (Å²) in [4.78, 5) is 17.2. The summed E-state index contributed by atoms with van der Waals surface area (Å²) in [5, 5.41) is 10.3. The van der Waals surface area contributed by atoms with Crippen LogP contribution in [0.25, 0.3) is 0 Å². The third-order valence-electron chi connectivity index (χ3n) is 1.99. The molecule has 7 nitrogen and oxygen atoms in total. The molecule has 0 spiro atoms. The molecule has 0 amide bonds. The van der Waals surface area contributed by atoms with E-state index in [-0.39, 0.29) is 17.8 Å². The molecule has 80 valence electrons. The summed E-state index contributed by atoms with van der Waals surface area (Å²) in [6.07, 6.45) is 2.99. The molecular weight excluding hydrogens is 202 g/mol. The highest BCUT2D eigenvalue weighted by atomic mass is 16.6. The number of hydrogen-bond acceptors (Lipinski definition) is 6. The molecule has 1 unspecified atom stereocenters. The SMILES string of the molecule is O=[N+]([O-])c1cnc(OC2CCOC2)nc1. The van der Waals surface area contributed by atoms with Crippen molar-refractivity contribution < 1.29 is 14.4 Å². The molecule has 1 atom stereocenters. The van der Waals surface area contributed by atoms with E-state index in [1.54, 1.807) is 0 Å². The van der Waals surface area contributed by atoms with Gasteiger partial charge in [0.15, 0.2) is 0 Å². The van der Waals surface area contributed by atoms with Gasteiger partial charge >= 0.3 is 11.7 Å². The van der Waals surface area contributed by atoms with Gasteiger partial charge in [0.25, 0.3) is 0 Å². The van der Waals surface area contributed by atoms with Crippen LogP contribution in [0.3, 0.4) is 0 Å². The van der Waals surface area contributed by atoms with Crippen LogP contribution in [-0.2, 0) is 4.74 Å². The molecule has 1 aliphatic rings. The molecule has 15 heavy (non-hydrogen) atoms. The van der Waals surface area contributed by atoms with E-state index in [0.717, 1.165) is 18.8 Å². The molecule has 0 aliphatic carbocycles. The van der Waals surface area contributed by atoms with Crippen LogP contribution in [0.5, 0.6) is 6.01 Å². The third kappa shape index (κ3) is 2.38. The van der Waals surface area contributed by atoms with E-state index in [1.807, 2.05) is 0 Å². The van der Waals surface area contributed by atoms with Gasteiger partial charge in [-0.3, -0.25) is 10.1 Å². The largest absolute Gasteiger partial charge is 0.458 e. The Morgan fingerprint density at radius 3 is 2.80 bits per heavy atom. The van der Waals surface area contributed by atoms with Gasteiger partial charge in [-0.05, 0) is 0 Å². The predicted molar refractivity (Wildman–Crippen MR) is 48.5 cm³/mol. The second kappa shape index (κ2) is 4.18. The molecule has 1 aromatic heterocycles. The van der Waals surface area contributed by atoms with Crippen molar-refractivity contribution in [2.45, 2.75) is 12.5 Å². The van der Waals surface area contributed by atoms with Gasteiger partial charge in [-0.2, -0.15) is 9.97 Å². The number of hydrogen-bond donors (Lipinski definition) is 0. The first-order valence-corrected chi connectivity index (χ1v) is 4.46. The lowest BCUT2D eigenvalue weighted by Crippen LogP contribution is -2.17. The molecule has 1 saturated heterocycles. The van der Waals surface area contributed by atoms with Gasteiger partial charge in [0.2, 0.25) is 0 Å². The zero-order valence-electron chi connectivity index (χ0n) is 7.83. The summed E-state index contributed by atoms with van der Waals surface area (Å²) < 4.78 is 10.4. The third-order valence-corrected chi connectivity index (χ3v) is 1.99. The topological polar surface area (TPSA) is 87.4 Å². The van der Waals surface area contributed by atoms with E-state index in [0.29, 0.717) is 13.2 Å². The molecule has 0 N–H and O–H groups in total. The van der Waals surface area contributed by atoms with Gasteiger partial charge in [0.05, 0.1) is 18.1 Å². The van der Waals surface area contributed by atoms with Crippen LogP contribution in [0.15, 0.2) is 12.4 Å². The zero-order chi connectivity index (χ0) is 10.7. The minimum Gasteiger partial charge on any atom is -0.458 e. The van der Waals surface area contributed by atoms with Crippen molar-refractivity contribution in [2.24, 2.45) is 0 Å². The molecule has 2 heterocycles. The Kier molecular flexibility index (Phi) is 2.72. The first-order valence-electron chi connectivity index (χ1n) is 4.46. The number of ether oxygens (including phenoxy) is 2. The molecule has 7 heteroatoms. The minimum absolute atomic E-state index is 0.0496. The van der Waals surface area contributed by atoms with E-state index in [4.69, 9.17) is 9.47 Å². The van der Waals surface area contributed by atoms with Crippen molar-refractivity contribution in [1.29, 1.82) is 0 Å². The maximum absolute atomic E-state index is 10.3. The van der Waals surface area contributed by atoms with E-state index >= 15 is 0 Å². The summed E-state index contributed by atoms with van der Waals surface area (Å²) in [5.41, 5.74) is -0.148. The Bertz CT molecular complexity index is 347. The second-order valence-corrected chi connectivity index (χ2v) is 3.08. The summed E-state index contributed by atoms with van der Waals surface area (Å²) in [5.74, 6) is 0. The van der Waals surface area contributed by atoms with E-state index in [9.17, 15) is 10.1 Å². The fraction of sp³-hybridized carbons (Fsp3) is 0.500. The lowest BCUT2D eigenvalue weighted by atomic mass is 10.3. The van der Waals surface area contributed by atoms with Crippen molar-refractivity contribution in [3.63, 3.8) is 0 Å². The van der Waals surface area contributed by atoms with Gasteiger partial charge in [-0.1, -0.05) is 0 Å². The van der Waals surface area contributed by atoms with Crippen molar-refractivity contribution >= 4 is 5.69 Å². The summed E-state index contributed by atoms with van der Waals surface area (Å²) in [6.45, 7) is 1.18. The molecule has 0 bridgehead atoms. The lowest BCUT2D eigenvalue weighted by molar-refractivity contribution is -0.385. The molecule has 0 radical (unpaired) electrons.